The first-order valence-electron chi connectivity index (χ1n) is 29.9. The summed E-state index contributed by atoms with van der Waals surface area (Å²) in [5, 5.41) is 0. The van der Waals surface area contributed by atoms with Crippen molar-refractivity contribution >= 4 is 59.8 Å². The van der Waals surface area contributed by atoms with Crippen LogP contribution in [0.2, 0.25) is 0 Å². The summed E-state index contributed by atoms with van der Waals surface area (Å²) in [7, 11) is 0. The van der Waals surface area contributed by atoms with Gasteiger partial charge < -0.3 is 44.0 Å². The number of ketones is 4. The average Bonchev–Trinajstić information content (AvgIpc) is 1.12. The predicted octanol–water partition coefficient (Wildman–Crippen LogP) is 8.09. The van der Waals surface area contributed by atoms with Gasteiger partial charge in [0, 0.05) is 39.0 Å². The normalized spacial score (nSPS) is 19.8. The van der Waals surface area contributed by atoms with Crippen LogP contribution >= 0.6 is 0 Å². The van der Waals surface area contributed by atoms with Crippen molar-refractivity contribution in [3.63, 3.8) is 0 Å². The quantitative estimate of drug-likeness (QED) is 0.0823. The molecule has 4 aliphatic rings. The van der Waals surface area contributed by atoms with Crippen LogP contribution in [0.5, 0.6) is 0 Å². The Labute approximate surface area is 575 Å². The molecule has 4 aliphatic heterocycles. The van der Waals surface area contributed by atoms with Crippen molar-refractivity contribution in [2.24, 2.45) is 0 Å². The molecule has 0 spiro atoms. The molecule has 4 fully saturated rings. The number of hydrogen-bond donors (Lipinski definition) is 0. The fourth-order valence-electron chi connectivity index (χ4n) is 9.38. The number of hydrogen-bond acceptors (Lipinski definition) is 17. The maximum absolute atomic E-state index is 14.7. The standard InChI is InChI=1S/2C17H22FNO3.2C15H18FNO3.2CO2.K.H2O/c1-2-17(18)10-6-7-11-19(12-15(17)20)16(21)22-13-14-8-4-3-5-9-14;1-2-17(18)13-19(11-7-6-10-15(17)20)16(21)22-12-14-8-4-3-5-9-14;16-13-10-17(9-5-4-8-14(13)18)15(19)20-11-12-6-2-1-3-7-12;16-13-8-4-5-9-17(10-14(13)18)15(19)20-11-12-6-2-1-3-7-12;2*2-1-3;;/h2*3-5,8-9H,2,6-7,10-13H2,1H3;2*1-3,6-7,13H,4-5,8-11H2;;;;1H2/q;;;;;;+1;/p-1. The zero-order valence-electron chi connectivity index (χ0n) is 52.4. The van der Waals surface area contributed by atoms with Gasteiger partial charge in [0.05, 0.1) is 26.2 Å². The fraction of sp³-hybridized carbons (Fsp3) is 0.485. The fourth-order valence-corrected chi connectivity index (χ4v) is 9.38. The monoisotopic (exact) mass is 1320 g/mol. The molecule has 496 valence electrons. The van der Waals surface area contributed by atoms with Gasteiger partial charge in [-0.05, 0) is 99.3 Å². The van der Waals surface area contributed by atoms with Crippen molar-refractivity contribution in [1.29, 1.82) is 0 Å². The molecule has 4 atom stereocenters. The third kappa shape index (κ3) is 31.4. The van der Waals surface area contributed by atoms with Crippen LogP contribution in [-0.2, 0) is 83.7 Å². The van der Waals surface area contributed by atoms with Crippen LogP contribution in [-0.4, -0.2) is 161 Å². The van der Waals surface area contributed by atoms with Crippen molar-refractivity contribution in [2.45, 2.75) is 154 Å². The Morgan fingerprint density at radius 1 is 0.457 bits per heavy atom. The van der Waals surface area contributed by atoms with Gasteiger partial charge in [-0.25, -0.2) is 36.7 Å². The number of likely N-dealkylation sites (tertiary alicyclic amines) is 4. The number of halogens is 4. The van der Waals surface area contributed by atoms with E-state index in [1.54, 1.807) is 13.8 Å². The number of benzene rings is 4. The Morgan fingerprint density at radius 3 is 1.23 bits per heavy atom. The molecule has 4 unspecified atom stereocenters. The molecule has 1 N–H and O–H groups in total. The minimum atomic E-state index is -1.95. The number of rotatable bonds is 10. The molecule has 26 heteroatoms. The predicted molar refractivity (Wildman–Crippen MR) is 318 cm³/mol. The van der Waals surface area contributed by atoms with Crippen LogP contribution in [0.4, 0.5) is 36.7 Å². The maximum Gasteiger partial charge on any atom is 1.00 e. The van der Waals surface area contributed by atoms with E-state index in [1.807, 2.05) is 121 Å². The molecule has 4 aromatic carbocycles. The van der Waals surface area contributed by atoms with Gasteiger partial charge >= 0.3 is 88.1 Å². The summed E-state index contributed by atoms with van der Waals surface area (Å²) >= 11 is 0. The molecular formula is C66H81F4KN4O17. The van der Waals surface area contributed by atoms with Gasteiger partial charge in [-0.3, -0.25) is 19.2 Å². The molecular weight excluding hydrogens is 1240 g/mol. The Kier molecular flexibility index (Phi) is 42.0. The summed E-state index contributed by atoms with van der Waals surface area (Å²) in [6.07, 6.45) is 1.61. The zero-order chi connectivity index (χ0) is 66.2. The molecule has 0 aromatic heterocycles. The summed E-state index contributed by atoms with van der Waals surface area (Å²) in [6.45, 7) is 4.80. The van der Waals surface area contributed by atoms with E-state index in [-0.39, 0.29) is 160 Å². The van der Waals surface area contributed by atoms with Gasteiger partial charge in [-0.15, -0.1) is 0 Å². The van der Waals surface area contributed by atoms with E-state index in [2.05, 4.69) is 0 Å². The second kappa shape index (κ2) is 46.7. The molecule has 92 heavy (non-hydrogen) atoms. The van der Waals surface area contributed by atoms with E-state index in [0.717, 1.165) is 22.3 Å². The van der Waals surface area contributed by atoms with Crippen LogP contribution in [0.3, 0.4) is 0 Å². The van der Waals surface area contributed by atoms with Crippen LogP contribution < -0.4 is 51.4 Å². The number of carbonyl (C=O) groups excluding carboxylic acids is 12. The third-order valence-corrected chi connectivity index (χ3v) is 14.7. The minimum absolute atomic E-state index is 0. The molecule has 21 nitrogen and oxygen atoms in total. The van der Waals surface area contributed by atoms with E-state index < -0.39 is 71.2 Å². The van der Waals surface area contributed by atoms with E-state index in [1.165, 1.54) is 19.6 Å². The summed E-state index contributed by atoms with van der Waals surface area (Å²) in [5.74, 6) is -1.89. The Balaban J connectivity index is 0.000000591. The number of amides is 4. The van der Waals surface area contributed by atoms with Gasteiger partial charge in [-0.2, -0.15) is 19.2 Å². The van der Waals surface area contributed by atoms with Gasteiger partial charge in [-0.1, -0.05) is 135 Å². The average molecular weight is 1320 g/mol. The maximum atomic E-state index is 14.7. The molecule has 0 radical (unpaired) electrons. The molecule has 4 heterocycles. The van der Waals surface area contributed by atoms with Gasteiger partial charge in [0.2, 0.25) is 0 Å². The van der Waals surface area contributed by atoms with Crippen molar-refractivity contribution in [3.8, 4) is 0 Å². The molecule has 4 aromatic rings. The van der Waals surface area contributed by atoms with E-state index in [4.69, 9.17) is 38.1 Å². The van der Waals surface area contributed by atoms with Gasteiger partial charge in [0.25, 0.3) is 0 Å². The van der Waals surface area contributed by atoms with Crippen LogP contribution in [0.1, 0.15) is 126 Å². The molecule has 0 saturated carbocycles. The molecule has 8 rings (SSSR count). The Bertz CT molecular complexity index is 2900. The van der Waals surface area contributed by atoms with Crippen molar-refractivity contribution < 1.29 is 151 Å². The second-order valence-corrected chi connectivity index (χ2v) is 21.3. The van der Waals surface area contributed by atoms with Gasteiger partial charge in [0.1, 0.15) is 26.4 Å². The molecule has 4 saturated heterocycles. The van der Waals surface area contributed by atoms with Crippen molar-refractivity contribution in [1.82, 2.24) is 19.6 Å². The van der Waals surface area contributed by atoms with Crippen LogP contribution in [0.25, 0.3) is 0 Å². The number of ether oxygens (including phenoxy) is 4. The van der Waals surface area contributed by atoms with E-state index >= 15 is 0 Å². The van der Waals surface area contributed by atoms with E-state index in [0.29, 0.717) is 77.5 Å². The largest absolute Gasteiger partial charge is 1.00 e. The van der Waals surface area contributed by atoms with Crippen LogP contribution in [0.15, 0.2) is 121 Å². The molecule has 0 aliphatic carbocycles. The summed E-state index contributed by atoms with van der Waals surface area (Å²) < 4.78 is 77.0. The van der Waals surface area contributed by atoms with Crippen molar-refractivity contribution in [2.75, 3.05) is 52.4 Å². The van der Waals surface area contributed by atoms with E-state index in [9.17, 15) is 55.9 Å². The molecule has 0 bridgehead atoms. The van der Waals surface area contributed by atoms with Crippen molar-refractivity contribution in [3.05, 3.63) is 144 Å². The minimum Gasteiger partial charge on any atom is -0.870 e. The number of nitrogens with zero attached hydrogens (tertiary/aromatic N) is 4. The Morgan fingerprint density at radius 2 is 0.804 bits per heavy atom. The van der Waals surface area contributed by atoms with Gasteiger partial charge in [0.15, 0.2) is 46.8 Å². The first kappa shape index (κ1) is 82.7. The Hall–Kier alpha value is -7.28. The summed E-state index contributed by atoms with van der Waals surface area (Å²) in [5.41, 5.74) is -0.253. The summed E-state index contributed by atoms with van der Waals surface area (Å²) in [6, 6.07) is 37.2. The van der Waals surface area contributed by atoms with Crippen LogP contribution in [0, 0.1) is 0 Å². The smallest absolute Gasteiger partial charge is 0.870 e. The number of Topliss-reactive ketones (excluding diaryl/α,β-unsaturated/α-hetero) is 4. The summed E-state index contributed by atoms with van der Waals surface area (Å²) in [4.78, 5) is 133. The first-order chi connectivity index (χ1) is 43.3. The SMILES string of the molecule is CCC1(F)CCCCN(C(=O)OCc2ccccc2)CC1=O.CCC1(F)CN(C(=O)OCc2ccccc2)CCCCC1=O.O=C1CCCCN(C(=O)OCc2ccccc2)CC1F.O=C1CN(C(=O)OCc2ccccc2)CCCCC1F.O=C=O.O=C=O.[K+].[OH-]. The molecule has 4 amide bonds. The zero-order valence-corrected chi connectivity index (χ0v) is 55.5. The topological polar surface area (TPSA) is 285 Å². The second-order valence-electron chi connectivity index (χ2n) is 21.3. The number of carbonyl (C=O) groups is 8. The third-order valence-electron chi connectivity index (χ3n) is 14.7. The number of alkyl halides is 4. The first-order valence-corrected chi connectivity index (χ1v) is 29.9.